The maximum Gasteiger partial charge on any atom is 0.241 e. The van der Waals surface area contributed by atoms with Gasteiger partial charge in [0.25, 0.3) is 0 Å². The summed E-state index contributed by atoms with van der Waals surface area (Å²) in [5.41, 5.74) is 3.22. The van der Waals surface area contributed by atoms with E-state index in [0.717, 1.165) is 47.1 Å². The first-order chi connectivity index (χ1) is 17.6. The molecule has 6 nitrogen and oxygen atoms in total. The molecule has 4 aromatic rings. The smallest absolute Gasteiger partial charge is 0.241 e. The minimum Gasteiger partial charge on any atom is -0.338 e. The Hall–Kier alpha value is -3.29. The third-order valence-corrected chi connectivity index (χ3v) is 7.08. The van der Waals surface area contributed by atoms with Crippen molar-refractivity contribution in [1.29, 1.82) is 0 Å². The molecule has 7 heteroatoms. The van der Waals surface area contributed by atoms with Crippen LogP contribution in [0.4, 0.5) is 0 Å². The van der Waals surface area contributed by atoms with E-state index >= 15 is 0 Å². The first-order valence-electron chi connectivity index (χ1n) is 12.3. The van der Waals surface area contributed by atoms with Gasteiger partial charge in [0.1, 0.15) is 0 Å². The van der Waals surface area contributed by atoms with Crippen molar-refractivity contribution in [3.63, 3.8) is 0 Å². The summed E-state index contributed by atoms with van der Waals surface area (Å²) in [7, 11) is 0. The quantitative estimate of drug-likeness (QED) is 0.274. The second kappa shape index (κ2) is 11.6. The molecular weight excluding hydrogens is 516 g/mol. The number of hydrogen-bond acceptors (Lipinski definition) is 5. The number of hydrogen-bond donors (Lipinski definition) is 0. The van der Waals surface area contributed by atoms with Crippen LogP contribution in [0.2, 0.25) is 0 Å². The van der Waals surface area contributed by atoms with E-state index in [1.165, 1.54) is 0 Å². The zero-order chi connectivity index (χ0) is 24.7. The summed E-state index contributed by atoms with van der Waals surface area (Å²) in [6.45, 7) is 3.50. The zero-order valence-corrected chi connectivity index (χ0v) is 21.7. The van der Waals surface area contributed by atoms with Crippen LogP contribution in [0.3, 0.4) is 0 Å². The SMILES string of the molecule is O=C(C1CCN(Cc2nc(-c3cccc(Br)c3)no2)CC1)N(Cc1ccccc1)Cc1ccccc1. The molecule has 0 atom stereocenters. The van der Waals surface area contributed by atoms with Gasteiger partial charge in [-0.15, -0.1) is 0 Å². The molecular formula is C29H29BrN4O2. The minimum absolute atomic E-state index is 0.0218. The molecule has 0 saturated carbocycles. The number of aromatic nitrogens is 2. The van der Waals surface area contributed by atoms with Crippen LogP contribution in [-0.2, 0) is 24.4 Å². The molecule has 1 saturated heterocycles. The van der Waals surface area contributed by atoms with Gasteiger partial charge in [-0.25, -0.2) is 0 Å². The van der Waals surface area contributed by atoms with Crippen molar-refractivity contribution in [2.45, 2.75) is 32.5 Å². The zero-order valence-electron chi connectivity index (χ0n) is 20.1. The molecule has 0 bridgehead atoms. The normalized spacial score (nSPS) is 14.6. The molecule has 1 fully saturated rings. The molecule has 2 heterocycles. The first kappa shape index (κ1) is 24.4. The third-order valence-electron chi connectivity index (χ3n) is 6.59. The maximum atomic E-state index is 13.6. The van der Waals surface area contributed by atoms with Crippen molar-refractivity contribution < 1.29 is 9.32 Å². The van der Waals surface area contributed by atoms with Gasteiger partial charge in [-0.3, -0.25) is 9.69 Å². The molecule has 0 unspecified atom stereocenters. The lowest BCUT2D eigenvalue weighted by atomic mass is 9.94. The average Bonchev–Trinajstić information content (AvgIpc) is 3.38. The van der Waals surface area contributed by atoms with Gasteiger partial charge < -0.3 is 9.42 Å². The van der Waals surface area contributed by atoms with Gasteiger partial charge in [0.15, 0.2) is 0 Å². The van der Waals surface area contributed by atoms with E-state index in [-0.39, 0.29) is 11.8 Å². The molecule has 1 amide bonds. The van der Waals surface area contributed by atoms with E-state index in [2.05, 4.69) is 55.2 Å². The van der Waals surface area contributed by atoms with Crippen LogP contribution < -0.4 is 0 Å². The highest BCUT2D eigenvalue weighted by Gasteiger charge is 2.29. The highest BCUT2D eigenvalue weighted by atomic mass is 79.9. The summed E-state index contributed by atoms with van der Waals surface area (Å²) >= 11 is 3.48. The van der Waals surface area contributed by atoms with Crippen molar-refractivity contribution in [3.05, 3.63) is 106 Å². The molecule has 0 N–H and O–H groups in total. The van der Waals surface area contributed by atoms with Crippen LogP contribution in [0, 0.1) is 5.92 Å². The minimum atomic E-state index is 0.0218. The monoisotopic (exact) mass is 544 g/mol. The van der Waals surface area contributed by atoms with E-state index < -0.39 is 0 Å². The Balaban J connectivity index is 1.20. The van der Waals surface area contributed by atoms with Gasteiger partial charge in [-0.05, 0) is 49.2 Å². The third kappa shape index (κ3) is 6.28. The highest BCUT2D eigenvalue weighted by molar-refractivity contribution is 9.10. The number of rotatable bonds is 8. The summed E-state index contributed by atoms with van der Waals surface area (Å²) in [5.74, 6) is 1.45. The lowest BCUT2D eigenvalue weighted by Crippen LogP contribution is -2.42. The van der Waals surface area contributed by atoms with Gasteiger partial charge >= 0.3 is 0 Å². The Bertz CT molecular complexity index is 1230. The van der Waals surface area contributed by atoms with Crippen molar-refractivity contribution >= 4 is 21.8 Å². The van der Waals surface area contributed by atoms with E-state index in [0.29, 0.717) is 31.3 Å². The van der Waals surface area contributed by atoms with Crippen molar-refractivity contribution in [2.24, 2.45) is 5.92 Å². The lowest BCUT2D eigenvalue weighted by molar-refractivity contribution is -0.138. The number of amides is 1. The van der Waals surface area contributed by atoms with Gasteiger partial charge in [0, 0.05) is 29.0 Å². The van der Waals surface area contributed by atoms with Crippen LogP contribution in [0.5, 0.6) is 0 Å². The van der Waals surface area contributed by atoms with Crippen molar-refractivity contribution in [3.8, 4) is 11.4 Å². The number of carbonyl (C=O) groups excluding carboxylic acids is 1. The highest BCUT2D eigenvalue weighted by Crippen LogP contribution is 2.25. The van der Waals surface area contributed by atoms with Gasteiger partial charge in [-0.2, -0.15) is 4.98 Å². The number of piperidine rings is 1. The number of carbonyl (C=O) groups is 1. The van der Waals surface area contributed by atoms with Gasteiger partial charge in [0.05, 0.1) is 6.54 Å². The number of nitrogens with zero attached hydrogens (tertiary/aromatic N) is 4. The number of benzene rings is 3. The Morgan fingerprint density at radius 3 is 2.17 bits per heavy atom. The molecule has 184 valence electrons. The fourth-order valence-corrected chi connectivity index (χ4v) is 5.07. The van der Waals surface area contributed by atoms with Crippen molar-refractivity contribution in [1.82, 2.24) is 19.9 Å². The summed E-state index contributed by atoms with van der Waals surface area (Å²) in [6.07, 6.45) is 1.65. The predicted molar refractivity (Wildman–Crippen MR) is 143 cm³/mol. The first-order valence-corrected chi connectivity index (χ1v) is 13.1. The van der Waals surface area contributed by atoms with Crippen LogP contribution in [-0.4, -0.2) is 38.9 Å². The molecule has 36 heavy (non-hydrogen) atoms. The van der Waals surface area contributed by atoms with Crippen LogP contribution in [0.1, 0.15) is 29.9 Å². The van der Waals surface area contributed by atoms with Crippen LogP contribution in [0.25, 0.3) is 11.4 Å². The molecule has 0 spiro atoms. The summed E-state index contributed by atoms with van der Waals surface area (Å²) < 4.78 is 6.49. The summed E-state index contributed by atoms with van der Waals surface area (Å²) in [4.78, 5) is 22.5. The standard InChI is InChI=1S/C29H29BrN4O2/c30-26-13-7-12-25(18-26)28-31-27(36-32-28)21-33-16-14-24(15-17-33)29(35)34(19-22-8-3-1-4-9-22)20-23-10-5-2-6-11-23/h1-13,18,24H,14-17,19-21H2. The second-order valence-corrected chi connectivity index (χ2v) is 10.2. The largest absolute Gasteiger partial charge is 0.338 e. The van der Waals surface area contributed by atoms with Crippen LogP contribution >= 0.6 is 15.9 Å². The molecule has 3 aromatic carbocycles. The van der Waals surface area contributed by atoms with Gasteiger partial charge in [0.2, 0.25) is 17.6 Å². The van der Waals surface area contributed by atoms with E-state index in [1.54, 1.807) is 0 Å². The lowest BCUT2D eigenvalue weighted by Gasteiger charge is -2.34. The van der Waals surface area contributed by atoms with E-state index in [9.17, 15) is 4.79 Å². The molecule has 0 aliphatic carbocycles. The topological polar surface area (TPSA) is 62.5 Å². The van der Waals surface area contributed by atoms with Crippen molar-refractivity contribution in [2.75, 3.05) is 13.1 Å². The maximum absolute atomic E-state index is 13.6. The van der Waals surface area contributed by atoms with E-state index in [4.69, 9.17) is 4.52 Å². The predicted octanol–water partition coefficient (Wildman–Crippen LogP) is 5.94. The average molecular weight is 545 g/mol. The van der Waals surface area contributed by atoms with Gasteiger partial charge in [-0.1, -0.05) is 93.9 Å². The Morgan fingerprint density at radius 2 is 1.56 bits per heavy atom. The fraction of sp³-hybridized carbons (Fsp3) is 0.276. The van der Waals surface area contributed by atoms with E-state index in [1.807, 2.05) is 65.6 Å². The number of halogens is 1. The molecule has 5 rings (SSSR count). The summed E-state index contributed by atoms with van der Waals surface area (Å²) in [5, 5.41) is 4.14. The molecule has 0 radical (unpaired) electrons. The molecule has 1 aliphatic rings. The Labute approximate surface area is 220 Å². The molecule has 1 aliphatic heterocycles. The van der Waals surface area contributed by atoms with Crippen LogP contribution in [0.15, 0.2) is 93.9 Å². The Morgan fingerprint density at radius 1 is 0.917 bits per heavy atom. The fourth-order valence-electron chi connectivity index (χ4n) is 4.67. The Kier molecular flexibility index (Phi) is 7.88. The second-order valence-electron chi connectivity index (χ2n) is 9.24. The number of likely N-dealkylation sites (tertiary alicyclic amines) is 1. The molecule has 1 aromatic heterocycles. The summed E-state index contributed by atoms with van der Waals surface area (Å²) in [6, 6.07) is 28.3.